The summed E-state index contributed by atoms with van der Waals surface area (Å²) >= 11 is 0. The fourth-order valence-corrected chi connectivity index (χ4v) is 3.91. The molecule has 3 nitrogen and oxygen atoms in total. The maximum absolute atomic E-state index is 6.40. The average Bonchev–Trinajstić information content (AvgIpc) is 2.85. The van der Waals surface area contributed by atoms with E-state index in [0.717, 1.165) is 44.9 Å². The Balaban J connectivity index is 0.00000132. The zero-order chi connectivity index (χ0) is 21.9. The molecule has 1 saturated heterocycles. The summed E-state index contributed by atoms with van der Waals surface area (Å²) in [7, 11) is 0. The Hall–Kier alpha value is -2.78. The fraction of sp³-hybridized carbons (Fsp3) is 0.357. The van der Waals surface area contributed by atoms with Crippen LogP contribution in [0.3, 0.4) is 0 Å². The molecule has 0 bridgehead atoms. The smallest absolute Gasteiger partial charge is 0.125 e. The maximum atomic E-state index is 6.40. The van der Waals surface area contributed by atoms with E-state index in [0.29, 0.717) is 0 Å². The molecule has 4 rings (SSSR count). The lowest BCUT2D eigenvalue weighted by Crippen LogP contribution is -2.46. The normalized spacial score (nSPS) is 15.0. The summed E-state index contributed by atoms with van der Waals surface area (Å²) in [6.45, 7) is 11.5. The molecule has 0 radical (unpaired) electrons. The van der Waals surface area contributed by atoms with Gasteiger partial charge in [-0.05, 0) is 36.8 Å². The van der Waals surface area contributed by atoms with Crippen molar-refractivity contribution in [3.8, 4) is 5.75 Å². The minimum atomic E-state index is 0.0751. The van der Waals surface area contributed by atoms with Gasteiger partial charge in [0.05, 0.1) is 0 Å². The van der Waals surface area contributed by atoms with Gasteiger partial charge in [0.1, 0.15) is 11.9 Å². The average molecular weight is 417 g/mol. The topological polar surface area (TPSA) is 15.7 Å². The van der Waals surface area contributed by atoms with Gasteiger partial charge in [-0.3, -0.25) is 4.90 Å². The van der Waals surface area contributed by atoms with Crippen LogP contribution in [0, 0.1) is 6.92 Å². The van der Waals surface area contributed by atoms with Crippen LogP contribution in [0.2, 0.25) is 0 Å². The number of hydrogen-bond donors (Lipinski definition) is 0. The Morgan fingerprint density at radius 3 is 1.94 bits per heavy atom. The second kappa shape index (κ2) is 12.2. The first-order chi connectivity index (χ1) is 15.3. The van der Waals surface area contributed by atoms with E-state index in [1.807, 2.05) is 13.8 Å². The summed E-state index contributed by atoms with van der Waals surface area (Å²) < 4.78 is 6.40. The molecule has 31 heavy (non-hydrogen) atoms. The van der Waals surface area contributed by atoms with Crippen LogP contribution < -0.4 is 9.64 Å². The van der Waals surface area contributed by atoms with Gasteiger partial charge in [0.2, 0.25) is 0 Å². The number of para-hydroxylation sites is 1. The highest BCUT2D eigenvalue weighted by molar-refractivity contribution is 5.46. The maximum Gasteiger partial charge on any atom is 0.125 e. The number of aryl methyl sites for hydroxylation is 1. The highest BCUT2D eigenvalue weighted by atomic mass is 16.5. The van der Waals surface area contributed by atoms with Gasteiger partial charge in [0.25, 0.3) is 0 Å². The predicted molar refractivity (Wildman–Crippen MR) is 132 cm³/mol. The highest BCUT2D eigenvalue weighted by Gasteiger charge is 2.20. The van der Waals surface area contributed by atoms with Crippen molar-refractivity contribution in [1.82, 2.24) is 4.90 Å². The summed E-state index contributed by atoms with van der Waals surface area (Å²) in [5.41, 5.74) is 3.83. The molecule has 1 heterocycles. The molecule has 3 aromatic rings. The van der Waals surface area contributed by atoms with Crippen LogP contribution in [-0.2, 0) is 0 Å². The lowest BCUT2D eigenvalue weighted by atomic mass is 10.1. The van der Waals surface area contributed by atoms with Crippen molar-refractivity contribution in [2.75, 3.05) is 37.6 Å². The zero-order valence-electron chi connectivity index (χ0n) is 19.2. The van der Waals surface area contributed by atoms with Gasteiger partial charge in [0, 0.05) is 44.8 Å². The Labute approximate surface area is 188 Å². The van der Waals surface area contributed by atoms with Crippen LogP contribution in [0.4, 0.5) is 5.69 Å². The largest absolute Gasteiger partial charge is 0.486 e. The van der Waals surface area contributed by atoms with E-state index < -0.39 is 0 Å². The van der Waals surface area contributed by atoms with Gasteiger partial charge in [-0.25, -0.2) is 0 Å². The summed E-state index contributed by atoms with van der Waals surface area (Å²) in [5, 5.41) is 0. The van der Waals surface area contributed by atoms with Crippen molar-refractivity contribution >= 4 is 5.69 Å². The summed E-state index contributed by atoms with van der Waals surface area (Å²) in [4.78, 5) is 5.04. The molecular formula is C28H36N2O. The van der Waals surface area contributed by atoms with Crippen molar-refractivity contribution in [2.24, 2.45) is 0 Å². The van der Waals surface area contributed by atoms with E-state index in [-0.39, 0.29) is 6.10 Å². The molecule has 164 valence electrons. The van der Waals surface area contributed by atoms with Gasteiger partial charge >= 0.3 is 0 Å². The Kier molecular flexibility index (Phi) is 8.99. The summed E-state index contributed by atoms with van der Waals surface area (Å²) in [6, 6.07) is 29.7. The van der Waals surface area contributed by atoms with Crippen molar-refractivity contribution in [3.05, 3.63) is 96.1 Å². The van der Waals surface area contributed by atoms with Crippen LogP contribution >= 0.6 is 0 Å². The molecule has 3 aromatic carbocycles. The Morgan fingerprint density at radius 1 is 0.742 bits per heavy atom. The monoisotopic (exact) mass is 416 g/mol. The second-order valence-electron chi connectivity index (χ2n) is 7.78. The summed E-state index contributed by atoms with van der Waals surface area (Å²) in [6.07, 6.45) is 1.06. The van der Waals surface area contributed by atoms with E-state index in [9.17, 15) is 0 Å². The predicted octanol–water partition coefficient (Wildman–Crippen LogP) is 6.35. The first-order valence-electron chi connectivity index (χ1n) is 11.6. The number of benzene rings is 3. The third-order valence-corrected chi connectivity index (χ3v) is 5.67. The lowest BCUT2D eigenvalue weighted by molar-refractivity contribution is 0.160. The number of rotatable bonds is 7. The zero-order valence-corrected chi connectivity index (χ0v) is 19.2. The number of hydrogen-bond acceptors (Lipinski definition) is 3. The first-order valence-corrected chi connectivity index (χ1v) is 11.6. The molecular weight excluding hydrogens is 380 g/mol. The van der Waals surface area contributed by atoms with Gasteiger partial charge in [-0.2, -0.15) is 0 Å². The number of anilines is 1. The first kappa shape index (κ1) is 22.9. The van der Waals surface area contributed by atoms with E-state index in [4.69, 9.17) is 4.74 Å². The molecule has 1 aliphatic rings. The molecule has 0 aromatic heterocycles. The molecule has 1 atom stereocenters. The van der Waals surface area contributed by atoms with E-state index in [1.54, 1.807) is 0 Å². The quantitative estimate of drug-likeness (QED) is 0.446. The molecule has 0 saturated carbocycles. The van der Waals surface area contributed by atoms with Crippen LogP contribution in [0.15, 0.2) is 84.9 Å². The van der Waals surface area contributed by atoms with Crippen LogP contribution in [0.5, 0.6) is 5.75 Å². The standard InChI is InChI=1S/C26H30N2O.C2H6/c1-22-12-14-25(15-13-22)29-26(23-8-4-2-5-9-23)16-17-27-18-20-28(21-19-27)24-10-6-3-7-11-24;1-2/h2-15,26H,16-21H2,1H3;1-2H3. The highest BCUT2D eigenvalue weighted by Crippen LogP contribution is 2.26. The Morgan fingerprint density at radius 2 is 1.32 bits per heavy atom. The molecule has 1 fully saturated rings. The van der Waals surface area contributed by atoms with Gasteiger partial charge in [0.15, 0.2) is 0 Å². The molecule has 1 unspecified atom stereocenters. The van der Waals surface area contributed by atoms with Crippen molar-refractivity contribution in [3.63, 3.8) is 0 Å². The van der Waals surface area contributed by atoms with E-state index in [1.165, 1.54) is 16.8 Å². The van der Waals surface area contributed by atoms with Crippen molar-refractivity contribution in [1.29, 1.82) is 0 Å². The van der Waals surface area contributed by atoms with E-state index in [2.05, 4.69) is 102 Å². The SMILES string of the molecule is CC.Cc1ccc(OC(CCN2CCN(c3ccccc3)CC2)c2ccccc2)cc1. The molecule has 3 heteroatoms. The Bertz CT molecular complexity index is 857. The molecule has 0 aliphatic carbocycles. The number of ether oxygens (including phenoxy) is 1. The van der Waals surface area contributed by atoms with Gasteiger partial charge in [-0.1, -0.05) is 80.1 Å². The third kappa shape index (κ3) is 6.86. The molecule has 1 aliphatic heterocycles. The van der Waals surface area contributed by atoms with Crippen LogP contribution in [0.1, 0.15) is 37.5 Å². The molecule has 0 N–H and O–H groups in total. The van der Waals surface area contributed by atoms with Gasteiger partial charge in [-0.15, -0.1) is 0 Å². The van der Waals surface area contributed by atoms with Crippen LogP contribution in [-0.4, -0.2) is 37.6 Å². The van der Waals surface area contributed by atoms with Crippen molar-refractivity contribution < 1.29 is 4.74 Å². The molecule has 0 amide bonds. The van der Waals surface area contributed by atoms with Crippen LogP contribution in [0.25, 0.3) is 0 Å². The van der Waals surface area contributed by atoms with Gasteiger partial charge < -0.3 is 9.64 Å². The van der Waals surface area contributed by atoms with E-state index >= 15 is 0 Å². The molecule has 0 spiro atoms. The number of nitrogens with zero attached hydrogens (tertiary/aromatic N) is 2. The summed E-state index contributed by atoms with van der Waals surface area (Å²) in [5.74, 6) is 0.943. The third-order valence-electron chi connectivity index (χ3n) is 5.67. The number of piperazine rings is 1. The minimum absolute atomic E-state index is 0.0751. The lowest BCUT2D eigenvalue weighted by Gasteiger charge is -2.36. The fourth-order valence-electron chi connectivity index (χ4n) is 3.91. The minimum Gasteiger partial charge on any atom is -0.486 e. The van der Waals surface area contributed by atoms with Crippen molar-refractivity contribution in [2.45, 2.75) is 33.3 Å². The second-order valence-corrected chi connectivity index (χ2v) is 7.78.